The molecule has 0 atom stereocenters. The van der Waals surface area contributed by atoms with Gasteiger partial charge < -0.3 is 10.2 Å². The van der Waals surface area contributed by atoms with Crippen molar-refractivity contribution in [2.45, 2.75) is 0 Å². The van der Waals surface area contributed by atoms with Gasteiger partial charge in [-0.1, -0.05) is 48.5 Å². The molecule has 0 saturated carbocycles. The Kier molecular flexibility index (Phi) is 10.3. The van der Waals surface area contributed by atoms with E-state index in [4.69, 9.17) is 10.2 Å². The van der Waals surface area contributed by atoms with Gasteiger partial charge in [0.05, 0.1) is 33.9 Å². The van der Waals surface area contributed by atoms with Crippen molar-refractivity contribution in [2.24, 2.45) is 0 Å². The fraction of sp³-hybridized carbons (Fsp3) is 0. The fourth-order valence-corrected chi connectivity index (χ4v) is 4.07. The van der Waals surface area contributed by atoms with Gasteiger partial charge in [-0.2, -0.15) is 0 Å². The first-order valence-corrected chi connectivity index (χ1v) is 12.9. The molecular formula is C34H24N4O4Ru. The molecule has 2 N–H and O–H groups in total. The Morgan fingerprint density at radius 3 is 1.05 bits per heavy atom. The minimum absolute atomic E-state index is 0. The van der Waals surface area contributed by atoms with Gasteiger partial charge in [0.2, 0.25) is 0 Å². The van der Waals surface area contributed by atoms with E-state index < -0.39 is 11.9 Å². The predicted octanol–water partition coefficient (Wildman–Crippen LogP) is 7.02. The van der Waals surface area contributed by atoms with E-state index in [0.29, 0.717) is 11.4 Å². The van der Waals surface area contributed by atoms with Crippen molar-refractivity contribution in [3.8, 4) is 45.0 Å². The number of pyridine rings is 4. The molecule has 43 heavy (non-hydrogen) atoms. The van der Waals surface area contributed by atoms with E-state index in [1.165, 1.54) is 0 Å². The number of carboxylic acids is 2. The molecule has 8 nitrogen and oxygen atoms in total. The fourth-order valence-electron chi connectivity index (χ4n) is 4.07. The van der Waals surface area contributed by atoms with E-state index in [9.17, 15) is 9.59 Å². The smallest absolute Gasteiger partial charge is 0.335 e. The van der Waals surface area contributed by atoms with E-state index in [-0.39, 0.29) is 30.6 Å². The van der Waals surface area contributed by atoms with E-state index in [1.807, 2.05) is 60.7 Å². The molecule has 0 aliphatic carbocycles. The maximum absolute atomic E-state index is 11.0. The molecule has 9 heteroatoms. The molecule has 0 radical (unpaired) electrons. The second-order valence-corrected chi connectivity index (χ2v) is 9.06. The topological polar surface area (TPSA) is 126 Å². The molecule has 6 rings (SSSR count). The van der Waals surface area contributed by atoms with Crippen LogP contribution in [-0.2, 0) is 19.5 Å². The predicted molar refractivity (Wildman–Crippen MR) is 160 cm³/mol. The van der Waals surface area contributed by atoms with Crippen LogP contribution < -0.4 is 0 Å². The minimum Gasteiger partial charge on any atom is -0.478 e. The Bertz CT molecular complexity index is 1650. The van der Waals surface area contributed by atoms with Crippen LogP contribution in [0.4, 0.5) is 0 Å². The van der Waals surface area contributed by atoms with Crippen LogP contribution >= 0.6 is 0 Å². The average molecular weight is 654 g/mol. The van der Waals surface area contributed by atoms with E-state index in [2.05, 4.69) is 19.9 Å². The Morgan fingerprint density at radius 1 is 0.419 bits per heavy atom. The molecule has 4 heterocycles. The zero-order chi connectivity index (χ0) is 29.3. The van der Waals surface area contributed by atoms with E-state index in [1.54, 1.807) is 73.3 Å². The summed E-state index contributed by atoms with van der Waals surface area (Å²) in [7, 11) is 0. The Labute approximate surface area is 260 Å². The molecule has 212 valence electrons. The molecule has 6 aromatic rings. The van der Waals surface area contributed by atoms with Gasteiger partial charge >= 0.3 is 11.9 Å². The van der Waals surface area contributed by atoms with Crippen molar-refractivity contribution in [3.63, 3.8) is 0 Å². The molecule has 4 aromatic heterocycles. The van der Waals surface area contributed by atoms with Gasteiger partial charge in [-0.25, -0.2) is 9.59 Å². The molecule has 0 amide bonds. The summed E-state index contributed by atoms with van der Waals surface area (Å²) in [5, 5.41) is 18.0. The van der Waals surface area contributed by atoms with Crippen LogP contribution in [-0.4, -0.2) is 42.1 Å². The first-order valence-electron chi connectivity index (χ1n) is 12.9. The molecule has 0 bridgehead atoms. The van der Waals surface area contributed by atoms with Gasteiger partial charge in [-0.05, 0) is 71.8 Å². The summed E-state index contributed by atoms with van der Waals surface area (Å²) in [6.45, 7) is 0. The van der Waals surface area contributed by atoms with Crippen molar-refractivity contribution in [2.75, 3.05) is 0 Å². The Morgan fingerprint density at radius 2 is 0.767 bits per heavy atom. The third-order valence-electron chi connectivity index (χ3n) is 6.31. The van der Waals surface area contributed by atoms with Gasteiger partial charge in [0.15, 0.2) is 0 Å². The standard InChI is InChI=1S/C24H16N2O4.C10H8N2.Ru/c27-23(28)17-5-1-15(2-6-17)19-9-11-21(25-13-19)22-12-10-20(14-26-22)16-3-7-18(8-4-16)24(29)30;1-3-7-11-9(5-1)10-6-2-4-8-12-10;/h1-14H,(H,27,28)(H,29,30);1-8H;. The minimum atomic E-state index is -0.956. The summed E-state index contributed by atoms with van der Waals surface area (Å²) in [5.41, 5.74) is 7.27. The van der Waals surface area contributed by atoms with Gasteiger partial charge in [0, 0.05) is 55.4 Å². The Balaban J connectivity index is 0.000000272. The monoisotopic (exact) mass is 654 g/mol. The number of hydrogen-bond donors (Lipinski definition) is 2. The number of aromatic carboxylic acids is 2. The summed E-state index contributed by atoms with van der Waals surface area (Å²) in [5.74, 6) is -1.91. The number of hydrogen-bond acceptors (Lipinski definition) is 6. The second-order valence-electron chi connectivity index (χ2n) is 9.06. The Hall–Kier alpha value is -5.40. The molecular weight excluding hydrogens is 629 g/mol. The molecule has 0 saturated heterocycles. The molecule has 2 aromatic carbocycles. The molecule has 0 unspecified atom stereocenters. The second kappa shape index (κ2) is 14.5. The van der Waals surface area contributed by atoms with Crippen molar-refractivity contribution >= 4 is 11.9 Å². The van der Waals surface area contributed by atoms with Gasteiger partial charge in [-0.15, -0.1) is 0 Å². The number of carboxylic acid groups (broad SMARTS) is 2. The summed E-state index contributed by atoms with van der Waals surface area (Å²) < 4.78 is 0. The zero-order valence-electron chi connectivity index (χ0n) is 22.6. The molecule has 0 aliphatic heterocycles. The number of aromatic nitrogens is 4. The van der Waals surface area contributed by atoms with Gasteiger partial charge in [0.1, 0.15) is 0 Å². The van der Waals surface area contributed by atoms with Gasteiger partial charge in [-0.3, -0.25) is 19.9 Å². The number of nitrogens with zero attached hydrogens (tertiary/aromatic N) is 4. The van der Waals surface area contributed by atoms with Crippen LogP contribution in [0, 0.1) is 0 Å². The van der Waals surface area contributed by atoms with E-state index >= 15 is 0 Å². The maximum Gasteiger partial charge on any atom is 0.335 e. The van der Waals surface area contributed by atoms with Crippen LogP contribution in [0.2, 0.25) is 0 Å². The zero-order valence-corrected chi connectivity index (χ0v) is 24.3. The third kappa shape index (κ3) is 7.87. The number of carbonyl (C=O) groups is 2. The molecule has 0 fully saturated rings. The van der Waals surface area contributed by atoms with Crippen molar-refractivity contribution in [3.05, 3.63) is 145 Å². The molecule has 0 aliphatic rings. The number of benzene rings is 2. The van der Waals surface area contributed by atoms with Crippen LogP contribution in [0.25, 0.3) is 45.0 Å². The summed E-state index contributed by atoms with van der Waals surface area (Å²) in [4.78, 5) is 39.2. The van der Waals surface area contributed by atoms with Crippen LogP contribution in [0.15, 0.2) is 134 Å². The van der Waals surface area contributed by atoms with Crippen LogP contribution in [0.5, 0.6) is 0 Å². The SMILES string of the molecule is O=C(O)c1ccc(-c2ccc(-c3ccc(-c4ccc(C(=O)O)cc4)cn3)nc2)cc1.[Ru].c1ccc(-c2ccccn2)nc1. The van der Waals surface area contributed by atoms with Crippen molar-refractivity contribution in [1.82, 2.24) is 19.9 Å². The average Bonchev–Trinajstić information content (AvgIpc) is 3.06. The van der Waals surface area contributed by atoms with Crippen LogP contribution in [0.3, 0.4) is 0 Å². The third-order valence-corrected chi connectivity index (χ3v) is 6.31. The molecule has 0 spiro atoms. The number of rotatable bonds is 6. The van der Waals surface area contributed by atoms with Crippen molar-refractivity contribution in [1.29, 1.82) is 0 Å². The summed E-state index contributed by atoms with van der Waals surface area (Å²) in [6.07, 6.45) is 6.99. The van der Waals surface area contributed by atoms with Gasteiger partial charge in [0.25, 0.3) is 0 Å². The summed E-state index contributed by atoms with van der Waals surface area (Å²) >= 11 is 0. The summed E-state index contributed by atoms with van der Waals surface area (Å²) in [6, 6.07) is 32.4. The van der Waals surface area contributed by atoms with E-state index in [0.717, 1.165) is 33.6 Å². The van der Waals surface area contributed by atoms with Crippen LogP contribution in [0.1, 0.15) is 20.7 Å². The first-order chi connectivity index (χ1) is 20.5. The normalized spacial score (nSPS) is 10.0. The first kappa shape index (κ1) is 30.6. The largest absolute Gasteiger partial charge is 0.478 e. The van der Waals surface area contributed by atoms with Crippen molar-refractivity contribution < 1.29 is 39.3 Å². The maximum atomic E-state index is 11.0. The quantitative estimate of drug-likeness (QED) is 0.184.